The standard InChI is InChI=1S/C27H25ClN2O3/c1-17-13-21(18(2)30(17)23-12-8-11-22(28)15-23)14-24-25(27(32)33-4)19(3)29(26(24)31)16-20-9-6-5-7-10-20/h5-15H,16H2,1-4H3/b24-14-. The lowest BCUT2D eigenvalue weighted by Crippen LogP contribution is -2.24. The van der Waals surface area contributed by atoms with Crippen LogP contribution in [0.5, 0.6) is 0 Å². The molecule has 1 aromatic heterocycles. The smallest absolute Gasteiger partial charge is 0.340 e. The fraction of sp³-hybridized carbons (Fsp3) is 0.185. The van der Waals surface area contributed by atoms with Gasteiger partial charge in [0.15, 0.2) is 0 Å². The number of hydrogen-bond acceptors (Lipinski definition) is 3. The Morgan fingerprint density at radius 1 is 1.03 bits per heavy atom. The number of hydrogen-bond donors (Lipinski definition) is 0. The summed E-state index contributed by atoms with van der Waals surface area (Å²) in [5.41, 5.74) is 5.93. The molecule has 0 aliphatic carbocycles. The van der Waals surface area contributed by atoms with Crippen LogP contribution in [0.1, 0.15) is 29.4 Å². The summed E-state index contributed by atoms with van der Waals surface area (Å²) in [7, 11) is 1.33. The van der Waals surface area contributed by atoms with Crippen LogP contribution in [0.4, 0.5) is 0 Å². The molecule has 0 unspecified atom stereocenters. The van der Waals surface area contributed by atoms with Crippen molar-refractivity contribution in [2.24, 2.45) is 0 Å². The molecule has 1 amide bonds. The van der Waals surface area contributed by atoms with Crippen molar-refractivity contribution >= 4 is 29.6 Å². The Hall–Kier alpha value is -3.57. The van der Waals surface area contributed by atoms with E-state index in [0.717, 1.165) is 28.2 Å². The first-order chi connectivity index (χ1) is 15.8. The maximum Gasteiger partial charge on any atom is 0.340 e. The summed E-state index contributed by atoms with van der Waals surface area (Å²) in [6, 6.07) is 19.3. The third kappa shape index (κ3) is 4.24. The number of halogens is 1. The molecule has 0 atom stereocenters. The highest BCUT2D eigenvalue weighted by molar-refractivity contribution is 6.30. The van der Waals surface area contributed by atoms with Gasteiger partial charge in [-0.25, -0.2) is 4.79 Å². The second-order valence-electron chi connectivity index (χ2n) is 8.03. The highest BCUT2D eigenvalue weighted by atomic mass is 35.5. The molecule has 0 bridgehead atoms. The zero-order chi connectivity index (χ0) is 23.7. The minimum atomic E-state index is -0.522. The second-order valence-corrected chi connectivity index (χ2v) is 8.47. The van der Waals surface area contributed by atoms with E-state index in [4.69, 9.17) is 16.3 Å². The Kier molecular flexibility index (Phi) is 6.25. The van der Waals surface area contributed by atoms with Gasteiger partial charge in [-0.05, 0) is 62.2 Å². The number of esters is 1. The van der Waals surface area contributed by atoms with Gasteiger partial charge in [-0.2, -0.15) is 0 Å². The monoisotopic (exact) mass is 460 g/mol. The molecule has 0 spiro atoms. The molecule has 2 heterocycles. The average molecular weight is 461 g/mol. The molecular formula is C27H25ClN2O3. The summed E-state index contributed by atoms with van der Waals surface area (Å²) < 4.78 is 7.10. The summed E-state index contributed by atoms with van der Waals surface area (Å²) in [5, 5.41) is 0.647. The first-order valence-electron chi connectivity index (χ1n) is 10.6. The maximum atomic E-state index is 13.5. The molecule has 0 fully saturated rings. The van der Waals surface area contributed by atoms with E-state index >= 15 is 0 Å². The number of benzene rings is 2. The number of allylic oxidation sites excluding steroid dienone is 1. The van der Waals surface area contributed by atoms with E-state index < -0.39 is 5.97 Å². The predicted octanol–water partition coefficient (Wildman–Crippen LogP) is 5.62. The van der Waals surface area contributed by atoms with E-state index in [2.05, 4.69) is 4.57 Å². The van der Waals surface area contributed by atoms with Crippen molar-refractivity contribution in [1.29, 1.82) is 0 Å². The third-order valence-electron chi connectivity index (χ3n) is 5.92. The topological polar surface area (TPSA) is 51.5 Å². The predicted molar refractivity (Wildman–Crippen MR) is 130 cm³/mol. The van der Waals surface area contributed by atoms with Crippen molar-refractivity contribution in [3.63, 3.8) is 0 Å². The lowest BCUT2D eigenvalue weighted by molar-refractivity contribution is -0.136. The van der Waals surface area contributed by atoms with Gasteiger partial charge in [0.05, 0.1) is 24.8 Å². The van der Waals surface area contributed by atoms with Gasteiger partial charge in [0.25, 0.3) is 5.91 Å². The Bertz CT molecular complexity index is 1300. The Morgan fingerprint density at radius 3 is 2.42 bits per heavy atom. The van der Waals surface area contributed by atoms with Crippen LogP contribution >= 0.6 is 11.6 Å². The fourth-order valence-electron chi connectivity index (χ4n) is 4.29. The van der Waals surface area contributed by atoms with E-state index in [1.54, 1.807) is 17.9 Å². The van der Waals surface area contributed by atoms with Crippen LogP contribution in [-0.4, -0.2) is 28.5 Å². The van der Waals surface area contributed by atoms with E-state index in [9.17, 15) is 9.59 Å². The van der Waals surface area contributed by atoms with Crippen molar-refractivity contribution in [3.05, 3.63) is 105 Å². The molecule has 0 N–H and O–H groups in total. The molecule has 3 aromatic rings. The lowest BCUT2D eigenvalue weighted by atomic mass is 10.0. The van der Waals surface area contributed by atoms with Crippen molar-refractivity contribution in [2.45, 2.75) is 27.3 Å². The zero-order valence-corrected chi connectivity index (χ0v) is 19.8. The molecule has 168 valence electrons. The number of ether oxygens (including phenoxy) is 1. The van der Waals surface area contributed by atoms with Crippen molar-refractivity contribution in [1.82, 2.24) is 9.47 Å². The molecule has 5 nitrogen and oxygen atoms in total. The third-order valence-corrected chi connectivity index (χ3v) is 6.16. The molecular weight excluding hydrogens is 436 g/mol. The van der Waals surface area contributed by atoms with Gasteiger partial charge in [-0.15, -0.1) is 0 Å². The van der Waals surface area contributed by atoms with Gasteiger partial charge in [-0.1, -0.05) is 48.0 Å². The summed E-state index contributed by atoms with van der Waals surface area (Å²) in [6.45, 7) is 6.14. The van der Waals surface area contributed by atoms with E-state index in [1.807, 2.05) is 74.5 Å². The van der Waals surface area contributed by atoms with Gasteiger partial charge in [-0.3, -0.25) is 4.79 Å². The molecule has 2 aromatic carbocycles. The maximum absolute atomic E-state index is 13.5. The number of carbonyl (C=O) groups is 2. The quantitative estimate of drug-likeness (QED) is 0.366. The number of carbonyl (C=O) groups excluding carboxylic acids is 2. The van der Waals surface area contributed by atoms with Crippen LogP contribution in [0.25, 0.3) is 11.8 Å². The van der Waals surface area contributed by atoms with Crippen LogP contribution in [0.2, 0.25) is 5.02 Å². The minimum Gasteiger partial charge on any atom is -0.465 e. The van der Waals surface area contributed by atoms with Crippen LogP contribution in [0.15, 0.2) is 77.5 Å². The van der Waals surface area contributed by atoms with Crippen molar-refractivity contribution in [3.8, 4) is 5.69 Å². The highest BCUT2D eigenvalue weighted by Gasteiger charge is 2.37. The van der Waals surface area contributed by atoms with E-state index in [-0.39, 0.29) is 5.91 Å². The minimum absolute atomic E-state index is 0.218. The highest BCUT2D eigenvalue weighted by Crippen LogP contribution is 2.34. The van der Waals surface area contributed by atoms with Gasteiger partial charge >= 0.3 is 5.97 Å². The molecule has 33 heavy (non-hydrogen) atoms. The number of aryl methyl sites for hydroxylation is 1. The zero-order valence-electron chi connectivity index (χ0n) is 19.1. The molecule has 0 saturated carbocycles. The number of amides is 1. The van der Waals surface area contributed by atoms with Crippen molar-refractivity contribution < 1.29 is 14.3 Å². The number of rotatable bonds is 5. The summed E-state index contributed by atoms with van der Waals surface area (Å²) >= 11 is 6.20. The first-order valence-corrected chi connectivity index (χ1v) is 11.0. The molecule has 1 aliphatic rings. The average Bonchev–Trinajstić information content (AvgIpc) is 3.21. The molecule has 6 heteroatoms. The van der Waals surface area contributed by atoms with E-state index in [0.29, 0.717) is 28.4 Å². The number of aromatic nitrogens is 1. The summed E-state index contributed by atoms with van der Waals surface area (Å²) in [6.07, 6.45) is 1.78. The normalized spacial score (nSPS) is 15.0. The van der Waals surface area contributed by atoms with Gasteiger partial charge < -0.3 is 14.2 Å². The van der Waals surface area contributed by atoms with Gasteiger partial charge in [0, 0.05) is 27.8 Å². The Balaban J connectivity index is 1.79. The van der Waals surface area contributed by atoms with Crippen LogP contribution in [-0.2, 0) is 20.9 Å². The van der Waals surface area contributed by atoms with Crippen LogP contribution < -0.4 is 0 Å². The Labute approximate surface area is 198 Å². The van der Waals surface area contributed by atoms with Crippen LogP contribution in [0, 0.1) is 13.8 Å². The fourth-order valence-corrected chi connectivity index (χ4v) is 4.47. The molecule has 1 aliphatic heterocycles. The van der Waals surface area contributed by atoms with Gasteiger partial charge in [0.2, 0.25) is 0 Å². The van der Waals surface area contributed by atoms with E-state index in [1.165, 1.54) is 7.11 Å². The first kappa shape index (κ1) is 22.6. The largest absolute Gasteiger partial charge is 0.465 e. The molecule has 0 saturated heterocycles. The van der Waals surface area contributed by atoms with Gasteiger partial charge in [0.1, 0.15) is 0 Å². The number of methoxy groups -OCH3 is 1. The van der Waals surface area contributed by atoms with Crippen molar-refractivity contribution in [2.75, 3.05) is 7.11 Å². The SMILES string of the molecule is COC(=O)C1=C(C)N(Cc2ccccc2)C(=O)/C1=C\c1cc(C)n(-c2cccc(Cl)c2)c1C. The molecule has 0 radical (unpaired) electrons. The second kappa shape index (κ2) is 9.12. The molecule has 4 rings (SSSR count). The summed E-state index contributed by atoms with van der Waals surface area (Å²) in [4.78, 5) is 27.8. The number of nitrogens with zero attached hydrogens (tertiary/aromatic N) is 2. The van der Waals surface area contributed by atoms with Crippen LogP contribution in [0.3, 0.4) is 0 Å². The lowest BCUT2D eigenvalue weighted by Gasteiger charge is -2.17. The summed E-state index contributed by atoms with van der Waals surface area (Å²) in [5.74, 6) is -0.740. The Morgan fingerprint density at radius 2 is 1.76 bits per heavy atom.